The molecular weight excluding hydrogens is 288 g/mol. The van der Waals surface area contributed by atoms with Gasteiger partial charge >= 0.3 is 0 Å². The second kappa shape index (κ2) is 4.73. The van der Waals surface area contributed by atoms with Crippen LogP contribution in [0.5, 0.6) is 0 Å². The fraction of sp³-hybridized carbons (Fsp3) is 0.267. The lowest BCUT2D eigenvalue weighted by Crippen LogP contribution is -2.28. The third-order valence-corrected chi connectivity index (χ3v) is 3.90. The average Bonchev–Trinajstić information content (AvgIpc) is 2.66. The van der Waals surface area contributed by atoms with Crippen LogP contribution in [0.25, 0.3) is 0 Å². The van der Waals surface area contributed by atoms with E-state index >= 15 is 0 Å². The van der Waals surface area contributed by atoms with Crippen molar-refractivity contribution < 1.29 is 0 Å². The van der Waals surface area contributed by atoms with Crippen molar-refractivity contribution in [3.05, 3.63) is 58.3 Å². The first-order valence-corrected chi connectivity index (χ1v) is 6.97. The van der Waals surface area contributed by atoms with E-state index in [1.165, 1.54) is 16.8 Å². The molecule has 0 radical (unpaired) electrons. The Morgan fingerprint density at radius 2 is 2.17 bits per heavy atom. The maximum atomic E-state index is 4.23. The standard InChI is InChI=1S/C15H15BrN2/c1-11-6-13-4-2-3-5-15(13)18(11)10-12-7-14(16)9-17-8-12/h2-5,7-9,11H,6,10H2,1H3. The van der Waals surface area contributed by atoms with Crippen molar-refractivity contribution in [2.45, 2.75) is 25.9 Å². The van der Waals surface area contributed by atoms with E-state index in [1.807, 2.05) is 12.4 Å². The number of fused-ring (bicyclic) bond motifs is 1. The zero-order valence-corrected chi connectivity index (χ0v) is 11.9. The van der Waals surface area contributed by atoms with E-state index < -0.39 is 0 Å². The Morgan fingerprint density at radius 3 is 3.00 bits per heavy atom. The first kappa shape index (κ1) is 11.7. The number of benzene rings is 1. The number of hydrogen-bond donors (Lipinski definition) is 0. The van der Waals surface area contributed by atoms with Crippen LogP contribution in [0.3, 0.4) is 0 Å². The Labute approximate surface area is 116 Å². The number of anilines is 1. The molecule has 18 heavy (non-hydrogen) atoms. The highest BCUT2D eigenvalue weighted by molar-refractivity contribution is 9.10. The van der Waals surface area contributed by atoms with Crippen LogP contribution >= 0.6 is 15.9 Å². The Hall–Kier alpha value is -1.35. The Bertz CT molecular complexity index is 568. The van der Waals surface area contributed by atoms with Gasteiger partial charge in [0.1, 0.15) is 0 Å². The maximum absolute atomic E-state index is 4.23. The highest BCUT2D eigenvalue weighted by atomic mass is 79.9. The molecule has 0 aliphatic carbocycles. The van der Waals surface area contributed by atoms with E-state index in [9.17, 15) is 0 Å². The van der Waals surface area contributed by atoms with Crippen LogP contribution in [-0.2, 0) is 13.0 Å². The Balaban J connectivity index is 1.89. The third-order valence-electron chi connectivity index (χ3n) is 3.46. The molecule has 1 aliphatic heterocycles. The van der Waals surface area contributed by atoms with E-state index in [0.29, 0.717) is 6.04 Å². The number of rotatable bonds is 2. The molecule has 2 aromatic rings. The summed E-state index contributed by atoms with van der Waals surface area (Å²) in [6, 6.07) is 11.4. The highest BCUT2D eigenvalue weighted by Crippen LogP contribution is 2.33. The molecule has 1 unspecified atom stereocenters. The van der Waals surface area contributed by atoms with E-state index in [2.05, 4.69) is 63.1 Å². The minimum atomic E-state index is 0.557. The molecule has 1 aliphatic rings. The van der Waals surface area contributed by atoms with E-state index in [4.69, 9.17) is 0 Å². The molecule has 0 saturated heterocycles. The molecule has 0 fully saturated rings. The van der Waals surface area contributed by atoms with Crippen LogP contribution in [0.2, 0.25) is 0 Å². The van der Waals surface area contributed by atoms with Crippen LogP contribution < -0.4 is 4.90 Å². The molecule has 0 N–H and O–H groups in total. The first-order chi connectivity index (χ1) is 8.74. The fourth-order valence-electron chi connectivity index (χ4n) is 2.61. The molecule has 0 saturated carbocycles. The zero-order valence-electron chi connectivity index (χ0n) is 10.3. The summed E-state index contributed by atoms with van der Waals surface area (Å²) in [5.74, 6) is 0. The molecule has 1 atom stereocenters. The monoisotopic (exact) mass is 302 g/mol. The minimum absolute atomic E-state index is 0.557. The van der Waals surface area contributed by atoms with E-state index in [1.54, 1.807) is 0 Å². The number of halogens is 1. The van der Waals surface area contributed by atoms with Crippen LogP contribution in [0.15, 0.2) is 47.2 Å². The van der Waals surface area contributed by atoms with Gasteiger partial charge in [-0.2, -0.15) is 0 Å². The van der Waals surface area contributed by atoms with E-state index in [-0.39, 0.29) is 0 Å². The molecule has 3 heteroatoms. The van der Waals surface area contributed by atoms with Crippen LogP contribution in [-0.4, -0.2) is 11.0 Å². The number of aromatic nitrogens is 1. The third kappa shape index (κ3) is 2.15. The molecule has 0 spiro atoms. The van der Waals surface area contributed by atoms with Crippen LogP contribution in [0, 0.1) is 0 Å². The number of pyridine rings is 1. The van der Waals surface area contributed by atoms with Crippen LogP contribution in [0.4, 0.5) is 5.69 Å². The molecule has 92 valence electrons. The maximum Gasteiger partial charge on any atom is 0.0448 e. The molecule has 2 heterocycles. The molecule has 1 aromatic carbocycles. The summed E-state index contributed by atoms with van der Waals surface area (Å²) in [5, 5.41) is 0. The summed E-state index contributed by atoms with van der Waals surface area (Å²) >= 11 is 3.48. The largest absolute Gasteiger partial charge is 0.364 e. The van der Waals surface area contributed by atoms with Crippen LogP contribution in [0.1, 0.15) is 18.1 Å². The first-order valence-electron chi connectivity index (χ1n) is 6.18. The van der Waals surface area contributed by atoms with Gasteiger partial charge < -0.3 is 4.90 Å². The fourth-order valence-corrected chi connectivity index (χ4v) is 3.02. The van der Waals surface area contributed by atoms with Gasteiger partial charge in [0.15, 0.2) is 0 Å². The zero-order chi connectivity index (χ0) is 12.5. The van der Waals surface area contributed by atoms with Crippen molar-refractivity contribution in [2.75, 3.05) is 4.90 Å². The van der Waals surface area contributed by atoms with Crippen molar-refractivity contribution in [3.63, 3.8) is 0 Å². The van der Waals surface area contributed by atoms with Gasteiger partial charge in [-0.25, -0.2) is 0 Å². The quantitative estimate of drug-likeness (QED) is 0.839. The number of nitrogens with zero attached hydrogens (tertiary/aromatic N) is 2. The summed E-state index contributed by atoms with van der Waals surface area (Å²) < 4.78 is 1.04. The van der Waals surface area contributed by atoms with Crippen molar-refractivity contribution in [2.24, 2.45) is 0 Å². The van der Waals surface area contributed by atoms with E-state index in [0.717, 1.165) is 17.4 Å². The summed E-state index contributed by atoms with van der Waals surface area (Å²) in [7, 11) is 0. The van der Waals surface area contributed by atoms with Gasteiger partial charge in [0.05, 0.1) is 0 Å². The minimum Gasteiger partial charge on any atom is -0.364 e. The summed E-state index contributed by atoms with van der Waals surface area (Å²) in [6.07, 6.45) is 4.90. The van der Waals surface area contributed by atoms with Gasteiger partial charge in [-0.3, -0.25) is 4.98 Å². The SMILES string of the molecule is CC1Cc2ccccc2N1Cc1cncc(Br)c1. The van der Waals surface area contributed by atoms with Crippen molar-refractivity contribution in [3.8, 4) is 0 Å². The lowest BCUT2D eigenvalue weighted by molar-refractivity contribution is 0.671. The molecule has 3 rings (SSSR count). The smallest absolute Gasteiger partial charge is 0.0448 e. The lowest BCUT2D eigenvalue weighted by atomic mass is 10.1. The molecule has 2 nitrogen and oxygen atoms in total. The predicted octanol–water partition coefficient (Wildman–Crippen LogP) is 3.80. The summed E-state index contributed by atoms with van der Waals surface area (Å²) in [5.41, 5.74) is 4.06. The Morgan fingerprint density at radius 1 is 1.33 bits per heavy atom. The molecular formula is C15H15BrN2. The second-order valence-electron chi connectivity index (χ2n) is 4.82. The van der Waals surface area contributed by atoms with Crippen molar-refractivity contribution >= 4 is 21.6 Å². The predicted molar refractivity (Wildman–Crippen MR) is 77.7 cm³/mol. The second-order valence-corrected chi connectivity index (χ2v) is 5.74. The normalized spacial score (nSPS) is 17.9. The van der Waals surface area contributed by atoms with Gasteiger partial charge in [-0.05, 0) is 52.5 Å². The summed E-state index contributed by atoms with van der Waals surface area (Å²) in [6.45, 7) is 3.20. The average molecular weight is 303 g/mol. The van der Waals surface area contributed by atoms with Gasteiger partial charge in [-0.15, -0.1) is 0 Å². The number of para-hydroxylation sites is 1. The molecule has 0 bridgehead atoms. The Kier molecular flexibility index (Phi) is 3.08. The van der Waals surface area contributed by atoms with Gasteiger partial charge in [0.25, 0.3) is 0 Å². The highest BCUT2D eigenvalue weighted by Gasteiger charge is 2.25. The van der Waals surface area contributed by atoms with Gasteiger partial charge in [0, 0.05) is 35.1 Å². The topological polar surface area (TPSA) is 16.1 Å². The lowest BCUT2D eigenvalue weighted by Gasteiger charge is -2.24. The van der Waals surface area contributed by atoms with Gasteiger partial charge in [-0.1, -0.05) is 18.2 Å². The van der Waals surface area contributed by atoms with Crippen molar-refractivity contribution in [1.29, 1.82) is 0 Å². The van der Waals surface area contributed by atoms with Crippen molar-refractivity contribution in [1.82, 2.24) is 4.98 Å². The molecule has 1 aromatic heterocycles. The van der Waals surface area contributed by atoms with Gasteiger partial charge in [0.2, 0.25) is 0 Å². The number of hydrogen-bond acceptors (Lipinski definition) is 2. The molecule has 0 amide bonds. The summed E-state index contributed by atoms with van der Waals surface area (Å²) in [4.78, 5) is 6.69.